The van der Waals surface area contributed by atoms with Gasteiger partial charge in [-0.15, -0.1) is 6.58 Å². The molecule has 0 saturated carbocycles. The number of allylic oxidation sites excluding steroid dienone is 1. The molecule has 6 heteroatoms. The van der Waals surface area contributed by atoms with Gasteiger partial charge in [0.1, 0.15) is 0 Å². The Morgan fingerprint density at radius 1 is 1.29 bits per heavy atom. The second-order valence-corrected chi connectivity index (χ2v) is 7.38. The molecule has 0 aliphatic carbocycles. The van der Waals surface area contributed by atoms with Crippen LogP contribution >= 0.6 is 0 Å². The van der Waals surface area contributed by atoms with E-state index in [1.165, 1.54) is 0 Å². The summed E-state index contributed by atoms with van der Waals surface area (Å²) in [5, 5.41) is 3.13. The van der Waals surface area contributed by atoms with Crippen LogP contribution in [0.15, 0.2) is 36.9 Å². The highest BCUT2D eigenvalue weighted by Crippen LogP contribution is 2.27. The van der Waals surface area contributed by atoms with E-state index < -0.39 is 0 Å². The second kappa shape index (κ2) is 9.73. The maximum absolute atomic E-state index is 12.5. The number of piperidine rings is 1. The van der Waals surface area contributed by atoms with Gasteiger partial charge in [-0.05, 0) is 38.1 Å². The van der Waals surface area contributed by atoms with E-state index in [1.54, 1.807) is 0 Å². The molecule has 0 bridgehead atoms. The molecule has 2 heterocycles. The van der Waals surface area contributed by atoms with E-state index in [-0.39, 0.29) is 11.8 Å². The number of benzene rings is 1. The Morgan fingerprint density at radius 3 is 2.68 bits per heavy atom. The highest BCUT2D eigenvalue weighted by atomic mass is 16.1. The number of amides is 1. The number of hydrogen-bond acceptors (Lipinski definition) is 4. The van der Waals surface area contributed by atoms with Crippen LogP contribution in [0.3, 0.4) is 0 Å². The lowest BCUT2D eigenvalue weighted by Gasteiger charge is -2.32. The number of nitrogens with one attached hydrogen (secondary N) is 1. The molecule has 3 rings (SSSR count). The second-order valence-electron chi connectivity index (χ2n) is 7.38. The number of para-hydroxylation sites is 2. The van der Waals surface area contributed by atoms with Crippen molar-refractivity contribution in [2.45, 2.75) is 33.2 Å². The smallest absolute Gasteiger partial charge is 0.223 e. The molecule has 28 heavy (non-hydrogen) atoms. The van der Waals surface area contributed by atoms with Crippen molar-refractivity contribution in [3.05, 3.63) is 36.9 Å². The molecule has 1 N–H and O–H groups in total. The van der Waals surface area contributed by atoms with E-state index >= 15 is 0 Å². The lowest BCUT2D eigenvalue weighted by molar-refractivity contribution is -0.125. The van der Waals surface area contributed by atoms with E-state index in [0.29, 0.717) is 0 Å². The highest BCUT2D eigenvalue weighted by molar-refractivity contribution is 5.80. The minimum atomic E-state index is 0.102. The van der Waals surface area contributed by atoms with Gasteiger partial charge in [0.15, 0.2) is 0 Å². The average molecular weight is 384 g/mol. The van der Waals surface area contributed by atoms with Gasteiger partial charge in [-0.1, -0.05) is 32.1 Å². The monoisotopic (exact) mass is 383 g/mol. The Balaban J connectivity index is 1.58. The number of aromatic nitrogens is 2. The van der Waals surface area contributed by atoms with E-state index in [1.807, 2.05) is 18.2 Å². The van der Waals surface area contributed by atoms with Gasteiger partial charge in [-0.25, -0.2) is 4.98 Å². The number of hydrogen-bond donors (Lipinski definition) is 1. The predicted octanol–water partition coefficient (Wildman–Crippen LogP) is 2.90. The summed E-state index contributed by atoms with van der Waals surface area (Å²) >= 11 is 0. The third-order valence-electron chi connectivity index (χ3n) is 5.72. The third-order valence-corrected chi connectivity index (χ3v) is 5.72. The van der Waals surface area contributed by atoms with Gasteiger partial charge < -0.3 is 19.7 Å². The normalized spacial score (nSPS) is 15.3. The minimum absolute atomic E-state index is 0.102. The van der Waals surface area contributed by atoms with Crippen LogP contribution in [0.5, 0.6) is 0 Å². The molecule has 1 aromatic carbocycles. The molecule has 0 radical (unpaired) electrons. The average Bonchev–Trinajstić information content (AvgIpc) is 3.10. The number of carbonyl (C=O) groups excluding carboxylic acids is 1. The van der Waals surface area contributed by atoms with Crippen LogP contribution in [0, 0.1) is 5.92 Å². The minimum Gasteiger partial charge on any atom is -0.355 e. The van der Waals surface area contributed by atoms with Crippen molar-refractivity contribution >= 4 is 22.9 Å². The number of carbonyl (C=O) groups is 1. The Bertz CT molecular complexity index is 787. The molecule has 1 aliphatic heterocycles. The summed E-state index contributed by atoms with van der Waals surface area (Å²) in [7, 11) is 0. The first-order valence-corrected chi connectivity index (χ1v) is 10.5. The summed E-state index contributed by atoms with van der Waals surface area (Å²) in [5.74, 6) is 1.29. The van der Waals surface area contributed by atoms with Gasteiger partial charge in [-0.3, -0.25) is 4.79 Å². The van der Waals surface area contributed by atoms with Gasteiger partial charge in [0, 0.05) is 38.6 Å². The first-order valence-electron chi connectivity index (χ1n) is 10.5. The molecule has 0 spiro atoms. The SMILES string of the molecule is C=CCn1c(N2CCC(C(=O)NCCN(CC)CC)CC2)nc2ccccc21. The first kappa shape index (κ1) is 20.4. The number of nitrogens with zero attached hydrogens (tertiary/aromatic N) is 4. The Hall–Kier alpha value is -2.34. The third kappa shape index (κ3) is 4.55. The van der Waals surface area contributed by atoms with Crippen molar-refractivity contribution in [1.82, 2.24) is 19.8 Å². The van der Waals surface area contributed by atoms with Crippen LogP contribution in [-0.4, -0.2) is 59.6 Å². The topological polar surface area (TPSA) is 53.4 Å². The maximum Gasteiger partial charge on any atom is 0.223 e. The van der Waals surface area contributed by atoms with Crippen LogP contribution in [-0.2, 0) is 11.3 Å². The van der Waals surface area contributed by atoms with E-state index in [2.05, 4.69) is 52.2 Å². The molecule has 1 fully saturated rings. The fourth-order valence-corrected chi connectivity index (χ4v) is 3.98. The predicted molar refractivity (Wildman–Crippen MR) is 116 cm³/mol. The lowest BCUT2D eigenvalue weighted by atomic mass is 9.96. The summed E-state index contributed by atoms with van der Waals surface area (Å²) < 4.78 is 2.22. The Morgan fingerprint density at radius 2 is 2.00 bits per heavy atom. The zero-order chi connectivity index (χ0) is 19.9. The van der Waals surface area contributed by atoms with Gasteiger partial charge in [0.2, 0.25) is 11.9 Å². The Kier molecular flexibility index (Phi) is 7.09. The molecule has 1 saturated heterocycles. The van der Waals surface area contributed by atoms with Crippen molar-refractivity contribution < 1.29 is 4.79 Å². The van der Waals surface area contributed by atoms with Crippen LogP contribution in [0.4, 0.5) is 5.95 Å². The first-order chi connectivity index (χ1) is 13.7. The molecule has 6 nitrogen and oxygen atoms in total. The number of imidazole rings is 1. The van der Waals surface area contributed by atoms with Crippen molar-refractivity contribution in [2.24, 2.45) is 5.92 Å². The molecule has 152 valence electrons. The van der Waals surface area contributed by atoms with Crippen LogP contribution < -0.4 is 10.2 Å². The number of likely N-dealkylation sites (N-methyl/N-ethyl adjacent to an activating group) is 1. The molecule has 2 aromatic rings. The summed E-state index contributed by atoms with van der Waals surface area (Å²) in [6.45, 7) is 14.4. The summed E-state index contributed by atoms with van der Waals surface area (Å²) in [5.41, 5.74) is 2.14. The molecule has 0 unspecified atom stereocenters. The fraction of sp³-hybridized carbons (Fsp3) is 0.545. The van der Waals surface area contributed by atoms with Gasteiger partial charge in [0.25, 0.3) is 0 Å². The van der Waals surface area contributed by atoms with E-state index in [4.69, 9.17) is 4.98 Å². The summed E-state index contributed by atoms with van der Waals surface area (Å²) in [6.07, 6.45) is 3.65. The lowest BCUT2D eigenvalue weighted by Crippen LogP contribution is -2.43. The van der Waals surface area contributed by atoms with Crippen molar-refractivity contribution in [2.75, 3.05) is 44.2 Å². The highest BCUT2D eigenvalue weighted by Gasteiger charge is 2.27. The van der Waals surface area contributed by atoms with E-state index in [9.17, 15) is 4.79 Å². The molecule has 1 amide bonds. The van der Waals surface area contributed by atoms with Gasteiger partial charge in [-0.2, -0.15) is 0 Å². The van der Waals surface area contributed by atoms with Crippen molar-refractivity contribution in [1.29, 1.82) is 0 Å². The van der Waals surface area contributed by atoms with E-state index in [0.717, 1.165) is 75.6 Å². The Labute approximate surface area is 168 Å². The van der Waals surface area contributed by atoms with Gasteiger partial charge in [0.05, 0.1) is 11.0 Å². The largest absolute Gasteiger partial charge is 0.355 e. The molecule has 1 aromatic heterocycles. The van der Waals surface area contributed by atoms with Crippen LogP contribution in [0.25, 0.3) is 11.0 Å². The number of rotatable bonds is 9. The summed E-state index contributed by atoms with van der Waals surface area (Å²) in [6, 6.07) is 8.22. The van der Waals surface area contributed by atoms with Crippen molar-refractivity contribution in [3.8, 4) is 0 Å². The van der Waals surface area contributed by atoms with Crippen LogP contribution in [0.1, 0.15) is 26.7 Å². The molecular weight excluding hydrogens is 350 g/mol. The molecular formula is C22H33N5O. The van der Waals surface area contributed by atoms with Gasteiger partial charge >= 0.3 is 0 Å². The molecule has 1 aliphatic rings. The number of fused-ring (bicyclic) bond motifs is 1. The maximum atomic E-state index is 12.5. The fourth-order valence-electron chi connectivity index (χ4n) is 3.98. The quantitative estimate of drug-likeness (QED) is 0.677. The zero-order valence-electron chi connectivity index (χ0n) is 17.2. The zero-order valence-corrected chi connectivity index (χ0v) is 17.2. The number of anilines is 1. The standard InChI is InChI=1S/C22H33N5O/c1-4-14-27-20-10-8-7-9-19(20)24-22(27)26-15-11-18(12-16-26)21(28)23-13-17-25(5-2)6-3/h4,7-10,18H,1,5-6,11-17H2,2-3H3,(H,23,28). The summed E-state index contributed by atoms with van der Waals surface area (Å²) in [4.78, 5) is 22.0. The van der Waals surface area contributed by atoms with Crippen LogP contribution in [0.2, 0.25) is 0 Å². The molecule has 0 atom stereocenters. The van der Waals surface area contributed by atoms with Crippen molar-refractivity contribution in [3.63, 3.8) is 0 Å².